The summed E-state index contributed by atoms with van der Waals surface area (Å²) in [7, 11) is 4.69. The molecule has 2 amide bonds. The van der Waals surface area contributed by atoms with E-state index in [0.717, 1.165) is 11.1 Å². The molecular weight excluding hydrogens is 384 g/mol. The van der Waals surface area contributed by atoms with Crippen molar-refractivity contribution in [2.45, 2.75) is 30.8 Å². The molecule has 2 aliphatic heterocycles. The van der Waals surface area contributed by atoms with Gasteiger partial charge in [-0.1, -0.05) is 30.3 Å². The van der Waals surface area contributed by atoms with Crippen molar-refractivity contribution >= 4 is 11.8 Å². The third-order valence-electron chi connectivity index (χ3n) is 6.21. The number of hydrogen-bond acceptors (Lipinski definition) is 5. The van der Waals surface area contributed by atoms with Gasteiger partial charge in [-0.05, 0) is 29.7 Å². The SMILES string of the molecule is COc1cc([C@H]2CNC(=O)[C@]23CCC(=O)N3Cc2ccccc2)cc(OC)c1OC. The first kappa shape index (κ1) is 20.1. The molecule has 0 aromatic heterocycles. The Kier molecular flexibility index (Phi) is 5.28. The molecule has 2 aromatic carbocycles. The standard InChI is InChI=1S/C23H26N2O5/c1-28-18-11-16(12-19(29-2)21(18)30-3)17-13-24-22(27)23(17)10-9-20(26)25(23)14-15-7-5-4-6-8-15/h4-8,11-12,17H,9-10,13-14H2,1-3H3,(H,24,27)/t17-,23+/m1/s1. The quantitative estimate of drug-likeness (QED) is 0.792. The largest absolute Gasteiger partial charge is 0.493 e. The van der Waals surface area contributed by atoms with Gasteiger partial charge in [-0.25, -0.2) is 0 Å². The summed E-state index contributed by atoms with van der Waals surface area (Å²) in [4.78, 5) is 27.8. The molecule has 0 bridgehead atoms. The molecule has 2 aromatic rings. The Balaban J connectivity index is 1.79. The molecule has 1 spiro atoms. The summed E-state index contributed by atoms with van der Waals surface area (Å²) < 4.78 is 16.5. The van der Waals surface area contributed by atoms with E-state index in [4.69, 9.17) is 14.2 Å². The van der Waals surface area contributed by atoms with Crippen LogP contribution in [0.5, 0.6) is 17.2 Å². The van der Waals surface area contributed by atoms with Crippen molar-refractivity contribution in [2.75, 3.05) is 27.9 Å². The molecule has 30 heavy (non-hydrogen) atoms. The van der Waals surface area contributed by atoms with E-state index in [1.807, 2.05) is 42.5 Å². The highest BCUT2D eigenvalue weighted by Crippen LogP contribution is 2.49. The zero-order valence-corrected chi connectivity index (χ0v) is 17.4. The molecule has 0 radical (unpaired) electrons. The monoisotopic (exact) mass is 410 g/mol. The van der Waals surface area contributed by atoms with Crippen molar-refractivity contribution in [1.29, 1.82) is 0 Å². The van der Waals surface area contributed by atoms with E-state index in [-0.39, 0.29) is 17.7 Å². The summed E-state index contributed by atoms with van der Waals surface area (Å²) in [6.07, 6.45) is 0.826. The van der Waals surface area contributed by atoms with Crippen LogP contribution in [-0.2, 0) is 16.1 Å². The predicted molar refractivity (Wildman–Crippen MR) is 111 cm³/mol. The second kappa shape index (κ2) is 7.89. The van der Waals surface area contributed by atoms with Gasteiger partial charge in [0.15, 0.2) is 11.5 Å². The zero-order valence-electron chi connectivity index (χ0n) is 17.4. The van der Waals surface area contributed by atoms with Gasteiger partial charge in [0, 0.05) is 25.4 Å². The minimum atomic E-state index is -0.933. The van der Waals surface area contributed by atoms with E-state index in [1.165, 1.54) is 0 Å². The van der Waals surface area contributed by atoms with Crippen LogP contribution >= 0.6 is 0 Å². The Bertz CT molecular complexity index is 936. The molecular formula is C23H26N2O5. The van der Waals surface area contributed by atoms with Crippen LogP contribution in [0.25, 0.3) is 0 Å². The topological polar surface area (TPSA) is 77.1 Å². The van der Waals surface area contributed by atoms with Crippen molar-refractivity contribution in [3.63, 3.8) is 0 Å². The number of nitrogens with one attached hydrogen (secondary N) is 1. The molecule has 2 heterocycles. The van der Waals surface area contributed by atoms with E-state index >= 15 is 0 Å². The van der Waals surface area contributed by atoms with Gasteiger partial charge in [0.25, 0.3) is 0 Å². The van der Waals surface area contributed by atoms with E-state index in [0.29, 0.717) is 43.2 Å². The number of carbonyl (C=O) groups excluding carboxylic acids is 2. The van der Waals surface area contributed by atoms with Crippen LogP contribution in [0.4, 0.5) is 0 Å². The lowest BCUT2D eigenvalue weighted by atomic mass is 9.79. The summed E-state index contributed by atoms with van der Waals surface area (Å²) in [5.41, 5.74) is 0.934. The summed E-state index contributed by atoms with van der Waals surface area (Å²) in [5, 5.41) is 3.00. The first-order chi connectivity index (χ1) is 14.5. The molecule has 4 rings (SSSR count). The fourth-order valence-electron chi connectivity index (χ4n) is 4.75. The minimum Gasteiger partial charge on any atom is -0.493 e. The van der Waals surface area contributed by atoms with Gasteiger partial charge in [0.05, 0.1) is 21.3 Å². The molecule has 0 saturated carbocycles. The number of nitrogens with zero attached hydrogens (tertiary/aromatic N) is 1. The third-order valence-corrected chi connectivity index (χ3v) is 6.21. The predicted octanol–water partition coefficient (Wildman–Crippen LogP) is 2.49. The molecule has 2 fully saturated rings. The van der Waals surface area contributed by atoms with Crippen molar-refractivity contribution < 1.29 is 23.8 Å². The van der Waals surface area contributed by atoms with Crippen LogP contribution in [0.3, 0.4) is 0 Å². The Labute approximate surface area is 175 Å². The Morgan fingerprint density at radius 2 is 1.70 bits per heavy atom. The fraction of sp³-hybridized carbons (Fsp3) is 0.391. The van der Waals surface area contributed by atoms with Crippen molar-refractivity contribution in [2.24, 2.45) is 0 Å². The Morgan fingerprint density at radius 3 is 2.30 bits per heavy atom. The number of benzene rings is 2. The van der Waals surface area contributed by atoms with E-state index in [9.17, 15) is 9.59 Å². The van der Waals surface area contributed by atoms with Crippen molar-refractivity contribution in [3.8, 4) is 17.2 Å². The first-order valence-electron chi connectivity index (χ1n) is 9.97. The summed E-state index contributed by atoms with van der Waals surface area (Å²) in [6.45, 7) is 0.837. The maximum atomic E-state index is 13.2. The number of hydrogen-bond donors (Lipinski definition) is 1. The molecule has 1 N–H and O–H groups in total. The highest BCUT2D eigenvalue weighted by molar-refractivity contribution is 5.97. The third kappa shape index (κ3) is 3.05. The second-order valence-electron chi connectivity index (χ2n) is 7.61. The number of methoxy groups -OCH3 is 3. The van der Waals surface area contributed by atoms with Gasteiger partial charge >= 0.3 is 0 Å². The van der Waals surface area contributed by atoms with Crippen LogP contribution in [0.2, 0.25) is 0 Å². The average Bonchev–Trinajstić information content (AvgIpc) is 3.28. The van der Waals surface area contributed by atoms with E-state index in [2.05, 4.69) is 5.32 Å². The normalized spacial score (nSPS) is 23.0. The molecule has 0 unspecified atom stereocenters. The second-order valence-corrected chi connectivity index (χ2v) is 7.61. The fourth-order valence-corrected chi connectivity index (χ4v) is 4.75. The number of rotatable bonds is 6. The molecule has 2 aliphatic rings. The van der Waals surface area contributed by atoms with Gasteiger partial charge < -0.3 is 24.4 Å². The maximum Gasteiger partial charge on any atom is 0.246 e. The lowest BCUT2D eigenvalue weighted by molar-refractivity contribution is -0.140. The van der Waals surface area contributed by atoms with Crippen LogP contribution in [0.15, 0.2) is 42.5 Å². The van der Waals surface area contributed by atoms with E-state index < -0.39 is 5.54 Å². The Hall–Kier alpha value is -3.22. The maximum absolute atomic E-state index is 13.2. The van der Waals surface area contributed by atoms with E-state index in [1.54, 1.807) is 26.2 Å². The van der Waals surface area contributed by atoms with Gasteiger partial charge in [-0.2, -0.15) is 0 Å². The highest BCUT2D eigenvalue weighted by Gasteiger charge is 2.59. The molecule has 7 nitrogen and oxygen atoms in total. The number of likely N-dealkylation sites (tertiary alicyclic amines) is 1. The average molecular weight is 410 g/mol. The zero-order chi connectivity index (χ0) is 21.3. The lowest BCUT2D eigenvalue weighted by Gasteiger charge is -2.38. The smallest absolute Gasteiger partial charge is 0.246 e. The van der Waals surface area contributed by atoms with Crippen molar-refractivity contribution in [1.82, 2.24) is 10.2 Å². The lowest BCUT2D eigenvalue weighted by Crippen LogP contribution is -2.53. The molecule has 7 heteroatoms. The van der Waals surface area contributed by atoms with Gasteiger partial charge in [0.1, 0.15) is 5.54 Å². The van der Waals surface area contributed by atoms with Crippen LogP contribution < -0.4 is 19.5 Å². The first-order valence-corrected chi connectivity index (χ1v) is 9.97. The van der Waals surface area contributed by atoms with Crippen LogP contribution in [-0.4, -0.2) is 50.1 Å². The summed E-state index contributed by atoms with van der Waals surface area (Å²) in [6, 6.07) is 13.5. The van der Waals surface area contributed by atoms with Gasteiger partial charge in [-0.15, -0.1) is 0 Å². The number of amides is 2. The highest BCUT2D eigenvalue weighted by atomic mass is 16.5. The number of carbonyl (C=O) groups is 2. The summed E-state index contributed by atoms with van der Waals surface area (Å²) >= 11 is 0. The molecule has 0 aliphatic carbocycles. The molecule has 2 atom stereocenters. The van der Waals surface area contributed by atoms with Gasteiger partial charge in [-0.3, -0.25) is 9.59 Å². The van der Waals surface area contributed by atoms with Gasteiger partial charge in [0.2, 0.25) is 17.6 Å². The number of ether oxygens (including phenoxy) is 3. The minimum absolute atomic E-state index is 0.00616. The van der Waals surface area contributed by atoms with Crippen molar-refractivity contribution in [3.05, 3.63) is 53.6 Å². The summed E-state index contributed by atoms with van der Waals surface area (Å²) in [5.74, 6) is 1.21. The van der Waals surface area contributed by atoms with Crippen LogP contribution in [0, 0.1) is 0 Å². The van der Waals surface area contributed by atoms with Crippen LogP contribution in [0.1, 0.15) is 29.9 Å². The molecule has 158 valence electrons. The Morgan fingerprint density at radius 1 is 1.03 bits per heavy atom. The molecule has 2 saturated heterocycles.